The van der Waals surface area contributed by atoms with Crippen molar-refractivity contribution in [3.8, 4) is 23.0 Å². The van der Waals surface area contributed by atoms with Gasteiger partial charge in [-0.1, -0.05) is 0 Å². The number of benzene rings is 1. The van der Waals surface area contributed by atoms with Gasteiger partial charge in [-0.15, -0.1) is 0 Å². The molecule has 0 aliphatic carbocycles. The Morgan fingerprint density at radius 3 is 2.69 bits per heavy atom. The number of ether oxygens (including phenoxy) is 2. The lowest BCUT2D eigenvalue weighted by Crippen LogP contribution is -2.15. The largest absolute Gasteiger partial charge is 0.486 e. The van der Waals surface area contributed by atoms with Gasteiger partial charge in [-0.25, -0.2) is 0 Å². The fraction of sp³-hybridized carbons (Fsp3) is 0.200. The Bertz CT molecular complexity index is 527. The second kappa shape index (κ2) is 3.68. The summed E-state index contributed by atoms with van der Waals surface area (Å²) in [5.41, 5.74) is 0.753. The van der Waals surface area contributed by atoms with Crippen molar-refractivity contribution in [2.24, 2.45) is 0 Å². The summed E-state index contributed by atoms with van der Waals surface area (Å²) in [4.78, 5) is 3.92. The maximum absolute atomic E-state index is 5.58. The number of hydrogen-bond donors (Lipinski definition) is 0. The molecule has 16 heavy (non-hydrogen) atoms. The molecular weight excluding hydrogens is 232 g/mol. The van der Waals surface area contributed by atoms with Crippen LogP contribution in [-0.2, 0) is 0 Å². The summed E-state index contributed by atoms with van der Waals surface area (Å²) in [6.45, 7) is 1.11. The quantitative estimate of drug-likeness (QED) is 0.762. The highest BCUT2D eigenvalue weighted by atomic mass is 35.5. The molecule has 2 heterocycles. The Kier molecular flexibility index (Phi) is 2.18. The molecule has 1 aromatic heterocycles. The molecule has 0 spiro atoms. The Morgan fingerprint density at radius 2 is 1.94 bits per heavy atom. The molecule has 0 N–H and O–H groups in total. The zero-order chi connectivity index (χ0) is 11.0. The number of nitrogens with zero attached hydrogens (tertiary/aromatic N) is 2. The fourth-order valence-electron chi connectivity index (χ4n) is 1.50. The molecule has 1 aliphatic rings. The van der Waals surface area contributed by atoms with Crippen LogP contribution >= 0.6 is 11.6 Å². The van der Waals surface area contributed by atoms with Crippen LogP contribution in [0.3, 0.4) is 0 Å². The van der Waals surface area contributed by atoms with Crippen molar-refractivity contribution in [1.82, 2.24) is 10.1 Å². The molecule has 82 valence electrons. The normalized spacial score (nSPS) is 13.8. The number of hydrogen-bond acceptors (Lipinski definition) is 5. The topological polar surface area (TPSA) is 57.4 Å². The molecule has 1 aromatic carbocycles. The van der Waals surface area contributed by atoms with Crippen LogP contribution in [0.2, 0.25) is 5.28 Å². The maximum Gasteiger partial charge on any atom is 0.264 e. The van der Waals surface area contributed by atoms with Gasteiger partial charge in [0.15, 0.2) is 11.5 Å². The smallest absolute Gasteiger partial charge is 0.264 e. The summed E-state index contributed by atoms with van der Waals surface area (Å²) in [7, 11) is 0. The van der Waals surface area contributed by atoms with Gasteiger partial charge in [0.25, 0.3) is 11.2 Å². The minimum atomic E-state index is 0.0879. The van der Waals surface area contributed by atoms with Crippen molar-refractivity contribution < 1.29 is 14.0 Å². The van der Waals surface area contributed by atoms with Crippen LogP contribution in [0.4, 0.5) is 0 Å². The Balaban J connectivity index is 2.02. The molecule has 0 atom stereocenters. The van der Waals surface area contributed by atoms with Crippen molar-refractivity contribution in [3.63, 3.8) is 0 Å². The van der Waals surface area contributed by atoms with Gasteiger partial charge < -0.3 is 14.0 Å². The van der Waals surface area contributed by atoms with Gasteiger partial charge in [-0.3, -0.25) is 0 Å². The number of halogens is 1. The lowest BCUT2D eigenvalue weighted by atomic mass is 10.2. The predicted molar refractivity (Wildman–Crippen MR) is 55.7 cm³/mol. The summed E-state index contributed by atoms with van der Waals surface area (Å²) < 4.78 is 15.8. The third kappa shape index (κ3) is 1.59. The van der Waals surface area contributed by atoms with E-state index in [9.17, 15) is 0 Å². The minimum Gasteiger partial charge on any atom is -0.486 e. The molecule has 5 nitrogen and oxygen atoms in total. The average Bonchev–Trinajstić information content (AvgIpc) is 2.75. The second-order valence-electron chi connectivity index (χ2n) is 3.23. The molecule has 0 saturated carbocycles. The monoisotopic (exact) mass is 238 g/mol. The first-order valence-electron chi connectivity index (χ1n) is 4.72. The molecule has 0 saturated heterocycles. The van der Waals surface area contributed by atoms with E-state index in [4.69, 9.17) is 25.6 Å². The van der Waals surface area contributed by atoms with E-state index < -0.39 is 0 Å². The molecule has 6 heteroatoms. The van der Waals surface area contributed by atoms with Crippen molar-refractivity contribution in [1.29, 1.82) is 0 Å². The third-order valence-electron chi connectivity index (χ3n) is 2.19. The van der Waals surface area contributed by atoms with Crippen molar-refractivity contribution in [2.75, 3.05) is 13.2 Å². The van der Waals surface area contributed by atoms with Gasteiger partial charge in [0.1, 0.15) is 13.2 Å². The van der Waals surface area contributed by atoms with E-state index in [0.717, 1.165) is 11.3 Å². The van der Waals surface area contributed by atoms with E-state index >= 15 is 0 Å². The molecule has 1 aliphatic heterocycles. The first-order valence-corrected chi connectivity index (χ1v) is 5.10. The van der Waals surface area contributed by atoms with Crippen LogP contribution in [-0.4, -0.2) is 23.4 Å². The molecule has 3 rings (SSSR count). The van der Waals surface area contributed by atoms with Crippen LogP contribution < -0.4 is 9.47 Å². The highest BCUT2D eigenvalue weighted by molar-refractivity contribution is 6.28. The Hall–Kier alpha value is -1.75. The van der Waals surface area contributed by atoms with Gasteiger partial charge in [0.2, 0.25) is 0 Å². The summed E-state index contributed by atoms with van der Waals surface area (Å²) in [5.74, 6) is 1.76. The second-order valence-corrected chi connectivity index (χ2v) is 3.57. The molecule has 2 aromatic rings. The first-order chi connectivity index (χ1) is 7.83. The van der Waals surface area contributed by atoms with Crippen LogP contribution in [0.1, 0.15) is 0 Å². The van der Waals surface area contributed by atoms with Crippen LogP contribution in [0.25, 0.3) is 11.5 Å². The lowest BCUT2D eigenvalue weighted by molar-refractivity contribution is 0.171. The summed E-state index contributed by atoms with van der Waals surface area (Å²) in [6.07, 6.45) is 0. The summed E-state index contributed by atoms with van der Waals surface area (Å²) >= 11 is 5.58. The van der Waals surface area contributed by atoms with Gasteiger partial charge >= 0.3 is 0 Å². The maximum atomic E-state index is 5.58. The van der Waals surface area contributed by atoms with E-state index in [-0.39, 0.29) is 5.28 Å². The van der Waals surface area contributed by atoms with Crippen molar-refractivity contribution in [3.05, 3.63) is 23.5 Å². The number of rotatable bonds is 1. The predicted octanol–water partition coefficient (Wildman–Crippen LogP) is 2.16. The molecule has 0 unspecified atom stereocenters. The van der Waals surface area contributed by atoms with E-state index in [2.05, 4.69) is 10.1 Å². The van der Waals surface area contributed by atoms with E-state index in [0.29, 0.717) is 24.9 Å². The Morgan fingerprint density at radius 1 is 1.12 bits per heavy atom. The van der Waals surface area contributed by atoms with Crippen LogP contribution in [0.5, 0.6) is 11.5 Å². The van der Waals surface area contributed by atoms with Gasteiger partial charge in [-0.05, 0) is 35.0 Å². The van der Waals surface area contributed by atoms with E-state index in [1.165, 1.54) is 0 Å². The molecule has 0 fully saturated rings. The highest BCUT2D eigenvalue weighted by Gasteiger charge is 2.15. The first kappa shape index (κ1) is 9.47. The summed E-state index contributed by atoms with van der Waals surface area (Å²) in [5, 5.41) is 3.60. The van der Waals surface area contributed by atoms with E-state index in [1.54, 1.807) is 6.07 Å². The third-order valence-corrected chi connectivity index (χ3v) is 2.34. The van der Waals surface area contributed by atoms with Gasteiger partial charge in [-0.2, -0.15) is 4.98 Å². The van der Waals surface area contributed by atoms with Gasteiger partial charge in [0.05, 0.1) is 0 Å². The number of aromatic nitrogens is 2. The summed E-state index contributed by atoms with van der Waals surface area (Å²) in [6, 6.07) is 5.41. The molecule has 0 amide bonds. The van der Waals surface area contributed by atoms with E-state index in [1.807, 2.05) is 12.1 Å². The fourth-order valence-corrected chi connectivity index (χ4v) is 1.61. The minimum absolute atomic E-state index is 0.0879. The lowest BCUT2D eigenvalue weighted by Gasteiger charge is -2.18. The molecule has 0 radical (unpaired) electrons. The standard InChI is InChI=1S/C10H7ClN2O3/c11-10-12-9(16-13-10)6-1-2-7-8(5-6)15-4-3-14-7/h1-2,5H,3-4H2. The zero-order valence-electron chi connectivity index (χ0n) is 8.14. The highest BCUT2D eigenvalue weighted by Crippen LogP contribution is 2.34. The SMILES string of the molecule is Clc1noc(-c2ccc3c(c2)OCCO3)n1. The number of fused-ring (bicyclic) bond motifs is 1. The molecule has 0 bridgehead atoms. The Labute approximate surface area is 95.9 Å². The van der Waals surface area contributed by atoms with Crippen molar-refractivity contribution >= 4 is 11.6 Å². The van der Waals surface area contributed by atoms with Crippen LogP contribution in [0.15, 0.2) is 22.7 Å². The van der Waals surface area contributed by atoms with Crippen molar-refractivity contribution in [2.45, 2.75) is 0 Å². The zero-order valence-corrected chi connectivity index (χ0v) is 8.90. The average molecular weight is 239 g/mol. The molecular formula is C10H7ClN2O3. The van der Waals surface area contributed by atoms with Gasteiger partial charge in [0, 0.05) is 5.56 Å². The van der Waals surface area contributed by atoms with Crippen LogP contribution in [0, 0.1) is 0 Å².